The maximum absolute atomic E-state index is 6.63. The highest BCUT2D eigenvalue weighted by Gasteiger charge is 2.23. The van der Waals surface area contributed by atoms with E-state index < -0.39 is 0 Å². The van der Waals surface area contributed by atoms with Crippen molar-refractivity contribution in [3.63, 3.8) is 0 Å². The molecule has 0 fully saturated rings. The lowest BCUT2D eigenvalue weighted by molar-refractivity contribution is 0.489. The quantitative estimate of drug-likeness (QED) is 0.181. The minimum absolute atomic E-state index is 0.926. The smallest absolute Gasteiger partial charge is 0.143 e. The molecule has 162 valence electrons. The van der Waals surface area contributed by atoms with Crippen molar-refractivity contribution in [1.82, 2.24) is 0 Å². The molecule has 0 saturated carbocycles. The zero-order chi connectivity index (χ0) is 22.9. The molecule has 0 aliphatic carbocycles. The SMILES string of the molecule is c1cc(-c2cccc3c2ccc2cc4ccccc4cc23)c2c(c1)-c1cccc3cccc(c13)O2. The molecule has 1 aliphatic rings. The molecule has 0 N–H and O–H groups in total. The van der Waals surface area contributed by atoms with Gasteiger partial charge >= 0.3 is 0 Å². The summed E-state index contributed by atoms with van der Waals surface area (Å²) >= 11 is 0. The first kappa shape index (κ1) is 18.8. The molecule has 7 aromatic carbocycles. The molecule has 35 heavy (non-hydrogen) atoms. The van der Waals surface area contributed by atoms with Crippen LogP contribution in [-0.4, -0.2) is 0 Å². The van der Waals surface area contributed by atoms with Gasteiger partial charge in [0.1, 0.15) is 11.5 Å². The average molecular weight is 445 g/mol. The van der Waals surface area contributed by atoms with E-state index in [4.69, 9.17) is 4.74 Å². The van der Waals surface area contributed by atoms with Gasteiger partial charge in [-0.1, -0.05) is 103 Å². The first-order valence-corrected chi connectivity index (χ1v) is 12.0. The van der Waals surface area contributed by atoms with Crippen LogP contribution >= 0.6 is 0 Å². The lowest BCUT2D eigenvalue weighted by Crippen LogP contribution is -1.99. The molecule has 7 aromatic rings. The van der Waals surface area contributed by atoms with Crippen molar-refractivity contribution in [2.24, 2.45) is 0 Å². The molecule has 0 unspecified atom stereocenters. The Morgan fingerprint density at radius 2 is 1.03 bits per heavy atom. The third kappa shape index (κ3) is 2.64. The summed E-state index contributed by atoms with van der Waals surface area (Å²) in [4.78, 5) is 0. The van der Waals surface area contributed by atoms with Crippen LogP contribution in [0.25, 0.3) is 65.3 Å². The third-order valence-electron chi connectivity index (χ3n) is 7.42. The molecule has 1 aliphatic heterocycles. The Bertz CT molecular complexity index is 1970. The molecule has 8 rings (SSSR count). The van der Waals surface area contributed by atoms with Crippen molar-refractivity contribution in [1.29, 1.82) is 0 Å². The summed E-state index contributed by atoms with van der Waals surface area (Å²) in [6.45, 7) is 0. The largest absolute Gasteiger partial charge is 0.455 e. The number of benzene rings is 7. The zero-order valence-electron chi connectivity index (χ0n) is 19.0. The summed E-state index contributed by atoms with van der Waals surface area (Å²) in [7, 11) is 0. The summed E-state index contributed by atoms with van der Waals surface area (Å²) < 4.78 is 6.63. The molecule has 0 amide bonds. The maximum atomic E-state index is 6.63. The van der Waals surface area contributed by atoms with Gasteiger partial charge in [-0.3, -0.25) is 0 Å². The summed E-state index contributed by atoms with van der Waals surface area (Å²) in [5.74, 6) is 1.86. The Morgan fingerprint density at radius 1 is 0.371 bits per heavy atom. The number of ether oxygens (including phenoxy) is 1. The van der Waals surface area contributed by atoms with Crippen LogP contribution in [0.1, 0.15) is 0 Å². The Kier molecular flexibility index (Phi) is 3.72. The number of para-hydroxylation sites is 1. The molecular formula is C34H20O. The van der Waals surface area contributed by atoms with Gasteiger partial charge in [-0.25, -0.2) is 0 Å². The van der Waals surface area contributed by atoms with Gasteiger partial charge in [-0.15, -0.1) is 0 Å². The average Bonchev–Trinajstić information content (AvgIpc) is 2.92. The van der Waals surface area contributed by atoms with Gasteiger partial charge in [-0.2, -0.15) is 0 Å². The fourth-order valence-electron chi connectivity index (χ4n) is 5.81. The van der Waals surface area contributed by atoms with Crippen LogP contribution in [0.15, 0.2) is 121 Å². The van der Waals surface area contributed by atoms with Crippen LogP contribution < -0.4 is 4.74 Å². The van der Waals surface area contributed by atoms with E-state index in [1.54, 1.807) is 0 Å². The van der Waals surface area contributed by atoms with E-state index in [9.17, 15) is 0 Å². The van der Waals surface area contributed by atoms with E-state index in [0.29, 0.717) is 0 Å². The monoisotopic (exact) mass is 444 g/mol. The second-order valence-corrected chi connectivity index (χ2v) is 9.33. The van der Waals surface area contributed by atoms with Gasteiger partial charge in [0.2, 0.25) is 0 Å². The van der Waals surface area contributed by atoms with Crippen molar-refractivity contribution >= 4 is 43.1 Å². The highest BCUT2D eigenvalue weighted by molar-refractivity contribution is 6.16. The molecule has 0 radical (unpaired) electrons. The van der Waals surface area contributed by atoms with Gasteiger partial charge in [0.25, 0.3) is 0 Å². The van der Waals surface area contributed by atoms with Crippen LogP contribution in [0.4, 0.5) is 0 Å². The van der Waals surface area contributed by atoms with Crippen molar-refractivity contribution < 1.29 is 4.74 Å². The van der Waals surface area contributed by atoms with E-state index in [0.717, 1.165) is 22.6 Å². The lowest BCUT2D eigenvalue weighted by atomic mass is 9.89. The lowest BCUT2D eigenvalue weighted by Gasteiger charge is -2.24. The zero-order valence-corrected chi connectivity index (χ0v) is 19.0. The van der Waals surface area contributed by atoms with E-state index in [-0.39, 0.29) is 0 Å². The Balaban J connectivity index is 1.42. The van der Waals surface area contributed by atoms with Crippen LogP contribution in [0, 0.1) is 0 Å². The minimum atomic E-state index is 0.926. The Hall–Kier alpha value is -4.62. The molecule has 1 heteroatoms. The summed E-state index contributed by atoms with van der Waals surface area (Å²) in [5.41, 5.74) is 4.70. The van der Waals surface area contributed by atoms with Crippen LogP contribution in [-0.2, 0) is 0 Å². The van der Waals surface area contributed by atoms with E-state index >= 15 is 0 Å². The number of hydrogen-bond acceptors (Lipinski definition) is 1. The third-order valence-corrected chi connectivity index (χ3v) is 7.42. The van der Waals surface area contributed by atoms with Crippen molar-refractivity contribution in [3.8, 4) is 33.8 Å². The van der Waals surface area contributed by atoms with E-state index in [1.165, 1.54) is 54.2 Å². The van der Waals surface area contributed by atoms with Crippen LogP contribution in [0.3, 0.4) is 0 Å². The maximum Gasteiger partial charge on any atom is 0.143 e. The first-order chi connectivity index (χ1) is 17.3. The molecule has 0 bridgehead atoms. The molecule has 0 aromatic heterocycles. The van der Waals surface area contributed by atoms with Crippen LogP contribution in [0.5, 0.6) is 11.5 Å². The predicted octanol–water partition coefficient (Wildman–Crippen LogP) is 9.74. The molecule has 0 atom stereocenters. The molecular weight excluding hydrogens is 424 g/mol. The molecule has 0 saturated heterocycles. The normalized spacial score (nSPS) is 12.2. The van der Waals surface area contributed by atoms with Gasteiger partial charge in [0, 0.05) is 16.5 Å². The molecule has 1 nitrogen and oxygen atoms in total. The van der Waals surface area contributed by atoms with Gasteiger partial charge in [0.15, 0.2) is 0 Å². The number of hydrogen-bond donors (Lipinski definition) is 0. The molecule has 0 spiro atoms. The Morgan fingerprint density at radius 3 is 1.91 bits per heavy atom. The van der Waals surface area contributed by atoms with Crippen LogP contribution in [0.2, 0.25) is 0 Å². The highest BCUT2D eigenvalue weighted by Crippen LogP contribution is 2.51. The molecule has 1 heterocycles. The van der Waals surface area contributed by atoms with E-state index in [2.05, 4.69) is 121 Å². The predicted molar refractivity (Wildman–Crippen MR) is 147 cm³/mol. The summed E-state index contributed by atoms with van der Waals surface area (Å²) in [5, 5.41) is 9.99. The Labute approximate surface area is 202 Å². The second-order valence-electron chi connectivity index (χ2n) is 9.33. The van der Waals surface area contributed by atoms with Crippen molar-refractivity contribution in [2.75, 3.05) is 0 Å². The number of rotatable bonds is 1. The summed E-state index contributed by atoms with van der Waals surface area (Å²) in [6.07, 6.45) is 0. The fraction of sp³-hybridized carbons (Fsp3) is 0. The first-order valence-electron chi connectivity index (χ1n) is 12.0. The second kappa shape index (κ2) is 6.94. The summed E-state index contributed by atoms with van der Waals surface area (Å²) in [6, 6.07) is 43.7. The standard InChI is InChI=1S/C34H20O/c1-2-8-23-20-31-24(19-22(23)7-1)17-18-27-25(11-5-12-26(27)31)29-14-6-15-30-28-13-3-9-21-10-4-16-32(33(21)28)35-34(29)30/h1-20H. The fourth-order valence-corrected chi connectivity index (χ4v) is 5.81. The minimum Gasteiger partial charge on any atom is -0.455 e. The number of fused-ring (bicyclic) bond motifs is 6. The van der Waals surface area contributed by atoms with Crippen molar-refractivity contribution in [3.05, 3.63) is 121 Å². The highest BCUT2D eigenvalue weighted by atomic mass is 16.5. The van der Waals surface area contributed by atoms with E-state index in [1.807, 2.05) is 0 Å². The topological polar surface area (TPSA) is 9.23 Å². The van der Waals surface area contributed by atoms with Gasteiger partial charge in [-0.05, 0) is 67.0 Å². The van der Waals surface area contributed by atoms with Crippen molar-refractivity contribution in [2.45, 2.75) is 0 Å². The van der Waals surface area contributed by atoms with Gasteiger partial charge in [0.05, 0.1) is 0 Å². The van der Waals surface area contributed by atoms with Gasteiger partial charge < -0.3 is 4.74 Å².